The molecule has 0 aromatic rings. The maximum atomic E-state index is 11.5. The molecule has 1 heterocycles. The second kappa shape index (κ2) is 5.61. The highest BCUT2D eigenvalue weighted by molar-refractivity contribution is 8.00. The van der Waals surface area contributed by atoms with Crippen molar-refractivity contribution in [3.8, 4) is 0 Å². The van der Waals surface area contributed by atoms with E-state index in [0.717, 1.165) is 6.54 Å². The number of rotatable bonds is 4. The van der Waals surface area contributed by atoms with Crippen molar-refractivity contribution < 1.29 is 4.79 Å². The molecule has 1 amide bonds. The summed E-state index contributed by atoms with van der Waals surface area (Å²) in [7, 11) is 0. The molecular formula is C10H20N2OS. The Labute approximate surface area is 90.2 Å². The number of carbonyl (C=O) groups is 1. The zero-order chi connectivity index (χ0) is 10.6. The number of nitrogens with two attached hydrogens (primary N) is 1. The van der Waals surface area contributed by atoms with E-state index in [1.165, 1.54) is 18.6 Å². The van der Waals surface area contributed by atoms with Crippen LogP contribution >= 0.6 is 11.8 Å². The van der Waals surface area contributed by atoms with Crippen LogP contribution in [0.15, 0.2) is 0 Å². The number of carbonyl (C=O) groups excluding carboxylic acids is 1. The first-order valence-corrected chi connectivity index (χ1v) is 6.31. The first-order chi connectivity index (χ1) is 6.61. The zero-order valence-electron chi connectivity index (χ0n) is 8.95. The molecule has 2 atom stereocenters. The van der Waals surface area contributed by atoms with Gasteiger partial charge in [0.15, 0.2) is 0 Å². The third-order valence-electron chi connectivity index (χ3n) is 2.55. The Kier molecular flexibility index (Phi) is 4.75. The SMILES string of the molecule is CC(C)[C@H](N)C(=O)NCC1CCCS1. The number of hydrogen-bond acceptors (Lipinski definition) is 3. The van der Waals surface area contributed by atoms with Crippen LogP contribution in [0.1, 0.15) is 26.7 Å². The zero-order valence-corrected chi connectivity index (χ0v) is 9.77. The van der Waals surface area contributed by atoms with Crippen LogP contribution in [0.5, 0.6) is 0 Å². The average molecular weight is 216 g/mol. The molecule has 0 aliphatic carbocycles. The van der Waals surface area contributed by atoms with Crippen LogP contribution in [0.2, 0.25) is 0 Å². The Morgan fingerprint density at radius 2 is 2.36 bits per heavy atom. The lowest BCUT2D eigenvalue weighted by molar-refractivity contribution is -0.123. The molecule has 1 saturated heterocycles. The Hall–Kier alpha value is -0.220. The van der Waals surface area contributed by atoms with Gasteiger partial charge in [0.2, 0.25) is 5.91 Å². The fraction of sp³-hybridized carbons (Fsp3) is 0.900. The Morgan fingerprint density at radius 3 is 2.86 bits per heavy atom. The van der Waals surface area contributed by atoms with E-state index in [4.69, 9.17) is 5.73 Å². The molecule has 1 rings (SSSR count). The standard InChI is InChI=1S/C10H20N2OS/c1-7(2)9(11)10(13)12-6-8-4-3-5-14-8/h7-9H,3-6,11H2,1-2H3,(H,12,13)/t8?,9-/m0/s1. The Balaban J connectivity index is 2.19. The molecule has 14 heavy (non-hydrogen) atoms. The molecule has 3 N–H and O–H groups in total. The van der Waals surface area contributed by atoms with Gasteiger partial charge in [0.05, 0.1) is 6.04 Å². The highest BCUT2D eigenvalue weighted by Crippen LogP contribution is 2.25. The van der Waals surface area contributed by atoms with Gasteiger partial charge in [-0.2, -0.15) is 11.8 Å². The summed E-state index contributed by atoms with van der Waals surface area (Å²) in [6.45, 7) is 4.72. The predicted molar refractivity (Wildman–Crippen MR) is 61.3 cm³/mol. The first-order valence-electron chi connectivity index (χ1n) is 5.26. The van der Waals surface area contributed by atoms with Gasteiger partial charge in [-0.1, -0.05) is 13.8 Å². The predicted octanol–water partition coefficient (Wildman–Crippen LogP) is 0.981. The molecule has 1 unspecified atom stereocenters. The minimum absolute atomic E-state index is 0.00694. The smallest absolute Gasteiger partial charge is 0.237 e. The molecule has 4 heteroatoms. The molecule has 1 aliphatic heterocycles. The second-order valence-corrected chi connectivity index (χ2v) is 5.56. The van der Waals surface area contributed by atoms with E-state index in [9.17, 15) is 4.79 Å². The third kappa shape index (κ3) is 3.50. The third-order valence-corrected chi connectivity index (χ3v) is 3.95. The number of nitrogens with one attached hydrogen (secondary N) is 1. The minimum atomic E-state index is -0.360. The van der Waals surface area contributed by atoms with Gasteiger partial charge in [0, 0.05) is 11.8 Å². The van der Waals surface area contributed by atoms with Gasteiger partial charge < -0.3 is 11.1 Å². The summed E-state index contributed by atoms with van der Waals surface area (Å²) in [5.74, 6) is 1.44. The van der Waals surface area contributed by atoms with Crippen LogP contribution in [-0.2, 0) is 4.79 Å². The van der Waals surface area contributed by atoms with Gasteiger partial charge in [-0.05, 0) is 24.5 Å². The molecule has 1 aliphatic rings. The quantitative estimate of drug-likeness (QED) is 0.736. The maximum absolute atomic E-state index is 11.5. The van der Waals surface area contributed by atoms with Gasteiger partial charge in [-0.25, -0.2) is 0 Å². The lowest BCUT2D eigenvalue weighted by Gasteiger charge is -2.17. The van der Waals surface area contributed by atoms with E-state index in [1.54, 1.807) is 0 Å². The Bertz CT molecular complexity index is 191. The van der Waals surface area contributed by atoms with Crippen LogP contribution in [0, 0.1) is 5.92 Å². The van der Waals surface area contributed by atoms with Crippen molar-refractivity contribution >= 4 is 17.7 Å². The topological polar surface area (TPSA) is 55.1 Å². The van der Waals surface area contributed by atoms with Crippen LogP contribution in [-0.4, -0.2) is 29.5 Å². The fourth-order valence-electron chi connectivity index (χ4n) is 1.44. The molecule has 3 nitrogen and oxygen atoms in total. The van der Waals surface area contributed by atoms with Gasteiger partial charge in [-0.3, -0.25) is 4.79 Å². The van der Waals surface area contributed by atoms with Crippen LogP contribution in [0.3, 0.4) is 0 Å². The normalized spacial score (nSPS) is 23.9. The highest BCUT2D eigenvalue weighted by Gasteiger charge is 2.20. The van der Waals surface area contributed by atoms with E-state index < -0.39 is 0 Å². The summed E-state index contributed by atoms with van der Waals surface area (Å²) < 4.78 is 0. The first kappa shape index (κ1) is 11.9. The van der Waals surface area contributed by atoms with E-state index in [2.05, 4.69) is 5.32 Å². The molecule has 82 valence electrons. The van der Waals surface area contributed by atoms with Gasteiger partial charge in [0.1, 0.15) is 0 Å². The van der Waals surface area contributed by atoms with Crippen molar-refractivity contribution in [3.05, 3.63) is 0 Å². The van der Waals surface area contributed by atoms with Crippen molar-refractivity contribution in [3.63, 3.8) is 0 Å². The summed E-state index contributed by atoms with van der Waals surface area (Å²) in [5.41, 5.74) is 5.73. The molecule has 0 spiro atoms. The van der Waals surface area contributed by atoms with Crippen LogP contribution in [0.4, 0.5) is 0 Å². The molecule has 0 bridgehead atoms. The number of hydrogen-bond donors (Lipinski definition) is 2. The second-order valence-electron chi connectivity index (χ2n) is 4.15. The Morgan fingerprint density at radius 1 is 1.64 bits per heavy atom. The fourth-order valence-corrected chi connectivity index (χ4v) is 2.64. The summed E-state index contributed by atoms with van der Waals surface area (Å²) >= 11 is 1.95. The highest BCUT2D eigenvalue weighted by atomic mass is 32.2. The van der Waals surface area contributed by atoms with E-state index in [0.29, 0.717) is 5.25 Å². The number of thioether (sulfide) groups is 1. The van der Waals surface area contributed by atoms with E-state index in [-0.39, 0.29) is 17.9 Å². The molecule has 0 aromatic carbocycles. The lowest BCUT2D eigenvalue weighted by Crippen LogP contribution is -2.45. The van der Waals surface area contributed by atoms with Crippen molar-refractivity contribution in [2.45, 2.75) is 38.0 Å². The van der Waals surface area contributed by atoms with Crippen molar-refractivity contribution in [1.82, 2.24) is 5.32 Å². The van der Waals surface area contributed by atoms with Crippen LogP contribution < -0.4 is 11.1 Å². The molecular weight excluding hydrogens is 196 g/mol. The lowest BCUT2D eigenvalue weighted by atomic mass is 10.1. The van der Waals surface area contributed by atoms with Gasteiger partial charge in [-0.15, -0.1) is 0 Å². The van der Waals surface area contributed by atoms with E-state index >= 15 is 0 Å². The summed E-state index contributed by atoms with van der Waals surface area (Å²) in [4.78, 5) is 11.5. The summed E-state index contributed by atoms with van der Waals surface area (Å²) in [6, 6.07) is -0.360. The van der Waals surface area contributed by atoms with Gasteiger partial charge >= 0.3 is 0 Å². The van der Waals surface area contributed by atoms with E-state index in [1.807, 2.05) is 25.6 Å². The molecule has 0 aromatic heterocycles. The largest absolute Gasteiger partial charge is 0.354 e. The maximum Gasteiger partial charge on any atom is 0.237 e. The van der Waals surface area contributed by atoms with Gasteiger partial charge in [0.25, 0.3) is 0 Å². The average Bonchev–Trinajstić information content (AvgIpc) is 2.65. The van der Waals surface area contributed by atoms with Crippen molar-refractivity contribution in [2.24, 2.45) is 11.7 Å². The molecule has 0 radical (unpaired) electrons. The number of amides is 1. The molecule has 1 fully saturated rings. The molecule has 0 saturated carbocycles. The minimum Gasteiger partial charge on any atom is -0.354 e. The van der Waals surface area contributed by atoms with Crippen molar-refractivity contribution in [1.29, 1.82) is 0 Å². The van der Waals surface area contributed by atoms with Crippen LogP contribution in [0.25, 0.3) is 0 Å². The summed E-state index contributed by atoms with van der Waals surface area (Å²) in [5, 5.41) is 3.53. The van der Waals surface area contributed by atoms with Crippen molar-refractivity contribution in [2.75, 3.05) is 12.3 Å². The summed E-state index contributed by atoms with van der Waals surface area (Å²) in [6.07, 6.45) is 2.50. The monoisotopic (exact) mass is 216 g/mol.